The summed E-state index contributed by atoms with van der Waals surface area (Å²) in [6, 6.07) is 0.164. The van der Waals surface area contributed by atoms with E-state index < -0.39 is 10.0 Å². The Hall–Kier alpha value is -0.0900. The lowest BCUT2D eigenvalue weighted by Gasteiger charge is -2.34. The van der Waals surface area contributed by atoms with Crippen LogP contribution in [-0.4, -0.2) is 20.2 Å². The highest BCUT2D eigenvalue weighted by molar-refractivity contribution is 7.89. The molecule has 3 nitrogen and oxygen atoms in total. The molecule has 2 fully saturated rings. The van der Waals surface area contributed by atoms with Crippen LogP contribution in [0.2, 0.25) is 0 Å². The van der Waals surface area contributed by atoms with Crippen LogP contribution in [0.15, 0.2) is 0 Å². The zero-order chi connectivity index (χ0) is 13.9. The van der Waals surface area contributed by atoms with Gasteiger partial charge in [-0.15, -0.1) is 0 Å². The van der Waals surface area contributed by atoms with Gasteiger partial charge in [-0.2, -0.15) is 0 Å². The van der Waals surface area contributed by atoms with E-state index in [1.54, 1.807) is 0 Å². The fraction of sp³-hybridized carbons (Fsp3) is 1.00. The Bertz CT molecular complexity index is 374. The van der Waals surface area contributed by atoms with Crippen molar-refractivity contribution in [2.45, 2.75) is 71.3 Å². The van der Waals surface area contributed by atoms with E-state index in [1.807, 2.05) is 0 Å². The molecule has 112 valence electrons. The predicted molar refractivity (Wildman–Crippen MR) is 79.5 cm³/mol. The summed E-state index contributed by atoms with van der Waals surface area (Å²) in [5.41, 5.74) is 0. The Morgan fingerprint density at radius 1 is 0.947 bits per heavy atom. The van der Waals surface area contributed by atoms with E-state index in [0.29, 0.717) is 23.5 Å². The summed E-state index contributed by atoms with van der Waals surface area (Å²) in [6.45, 7) is 4.43. The second-order valence-corrected chi connectivity index (χ2v) is 8.58. The summed E-state index contributed by atoms with van der Waals surface area (Å²) < 4.78 is 27.6. The van der Waals surface area contributed by atoms with Crippen molar-refractivity contribution in [1.82, 2.24) is 4.72 Å². The van der Waals surface area contributed by atoms with Crippen molar-refractivity contribution >= 4 is 10.0 Å². The average molecular weight is 287 g/mol. The van der Waals surface area contributed by atoms with E-state index in [2.05, 4.69) is 18.6 Å². The summed E-state index contributed by atoms with van der Waals surface area (Å²) >= 11 is 0. The van der Waals surface area contributed by atoms with Crippen molar-refractivity contribution in [2.24, 2.45) is 17.8 Å². The SMILES string of the molecule is C[C@@H]1[C@H](C)CCC[C@@H]1NS(=O)(=O)CC1CCCCC1. The number of hydrogen-bond acceptors (Lipinski definition) is 2. The van der Waals surface area contributed by atoms with E-state index in [4.69, 9.17) is 0 Å². The Balaban J connectivity index is 1.88. The van der Waals surface area contributed by atoms with E-state index in [-0.39, 0.29) is 6.04 Å². The molecule has 1 N–H and O–H groups in total. The smallest absolute Gasteiger partial charge is 0.212 e. The lowest BCUT2D eigenvalue weighted by atomic mass is 9.78. The number of hydrogen-bond donors (Lipinski definition) is 1. The number of nitrogens with one attached hydrogen (secondary N) is 1. The first-order valence-electron chi connectivity index (χ1n) is 7.98. The highest BCUT2D eigenvalue weighted by Gasteiger charge is 2.31. The van der Waals surface area contributed by atoms with Crippen LogP contribution in [0.1, 0.15) is 65.2 Å². The van der Waals surface area contributed by atoms with Crippen LogP contribution in [0.3, 0.4) is 0 Å². The normalized spacial score (nSPS) is 34.3. The standard InChI is InChI=1S/C15H29NO2S/c1-12-7-6-10-15(13(12)2)16-19(17,18)11-14-8-4-3-5-9-14/h12-16H,3-11H2,1-2H3/t12-,13-,15+/m1/s1. The fourth-order valence-electron chi connectivity index (χ4n) is 3.69. The summed E-state index contributed by atoms with van der Waals surface area (Å²) in [5.74, 6) is 1.85. The van der Waals surface area contributed by atoms with Crippen LogP contribution in [0, 0.1) is 17.8 Å². The highest BCUT2D eigenvalue weighted by atomic mass is 32.2. The number of rotatable bonds is 4. The molecule has 0 aromatic rings. The lowest BCUT2D eigenvalue weighted by Crippen LogP contribution is -2.45. The summed E-state index contributed by atoms with van der Waals surface area (Å²) in [7, 11) is -3.09. The second-order valence-electron chi connectivity index (χ2n) is 6.78. The van der Waals surface area contributed by atoms with Gasteiger partial charge in [0.2, 0.25) is 10.0 Å². The van der Waals surface area contributed by atoms with Crippen LogP contribution < -0.4 is 4.72 Å². The largest absolute Gasteiger partial charge is 0.212 e. The molecule has 0 heterocycles. The van der Waals surface area contributed by atoms with Gasteiger partial charge in [0, 0.05) is 6.04 Å². The van der Waals surface area contributed by atoms with Gasteiger partial charge < -0.3 is 0 Å². The van der Waals surface area contributed by atoms with Gasteiger partial charge in [-0.1, -0.05) is 46.0 Å². The molecule has 0 aromatic heterocycles. The van der Waals surface area contributed by atoms with Gasteiger partial charge in [0.1, 0.15) is 0 Å². The molecule has 2 aliphatic carbocycles. The maximum atomic E-state index is 12.3. The molecule has 0 bridgehead atoms. The van der Waals surface area contributed by atoms with Crippen molar-refractivity contribution in [1.29, 1.82) is 0 Å². The van der Waals surface area contributed by atoms with Crippen LogP contribution in [0.4, 0.5) is 0 Å². The minimum Gasteiger partial charge on any atom is -0.212 e. The lowest BCUT2D eigenvalue weighted by molar-refractivity contribution is 0.226. The van der Waals surface area contributed by atoms with E-state index in [1.165, 1.54) is 25.7 Å². The number of sulfonamides is 1. The van der Waals surface area contributed by atoms with E-state index in [9.17, 15) is 8.42 Å². The molecule has 3 atom stereocenters. The molecule has 0 amide bonds. The Morgan fingerprint density at radius 2 is 1.63 bits per heavy atom. The molecule has 4 heteroatoms. The van der Waals surface area contributed by atoms with Crippen molar-refractivity contribution in [3.8, 4) is 0 Å². The van der Waals surface area contributed by atoms with Crippen molar-refractivity contribution in [3.05, 3.63) is 0 Å². The second kappa shape index (κ2) is 6.57. The molecule has 0 aromatic carbocycles. The van der Waals surface area contributed by atoms with Crippen LogP contribution in [-0.2, 0) is 10.0 Å². The minimum atomic E-state index is -3.09. The Labute approximate surface area is 118 Å². The van der Waals surface area contributed by atoms with Gasteiger partial charge in [-0.05, 0) is 37.0 Å². The molecule has 2 saturated carbocycles. The molecule has 0 aliphatic heterocycles. The summed E-state index contributed by atoms with van der Waals surface area (Å²) in [6.07, 6.45) is 9.28. The van der Waals surface area contributed by atoms with Crippen LogP contribution in [0.5, 0.6) is 0 Å². The minimum absolute atomic E-state index is 0.164. The molecule has 0 radical (unpaired) electrons. The third-order valence-electron chi connectivity index (χ3n) is 5.22. The maximum absolute atomic E-state index is 12.3. The van der Waals surface area contributed by atoms with Crippen molar-refractivity contribution in [3.63, 3.8) is 0 Å². The molecule has 0 unspecified atom stereocenters. The zero-order valence-electron chi connectivity index (χ0n) is 12.4. The van der Waals surface area contributed by atoms with Gasteiger partial charge in [-0.3, -0.25) is 0 Å². The Kier molecular flexibility index (Phi) is 5.29. The average Bonchev–Trinajstić information content (AvgIpc) is 2.35. The molecular formula is C15H29NO2S. The third-order valence-corrected chi connectivity index (χ3v) is 6.79. The van der Waals surface area contributed by atoms with Gasteiger partial charge >= 0.3 is 0 Å². The van der Waals surface area contributed by atoms with Gasteiger partial charge in [0.05, 0.1) is 5.75 Å². The first-order valence-corrected chi connectivity index (χ1v) is 9.63. The van der Waals surface area contributed by atoms with Gasteiger partial charge in [0.15, 0.2) is 0 Å². The van der Waals surface area contributed by atoms with E-state index in [0.717, 1.165) is 25.7 Å². The quantitative estimate of drug-likeness (QED) is 0.862. The molecule has 19 heavy (non-hydrogen) atoms. The van der Waals surface area contributed by atoms with Gasteiger partial charge in [0.25, 0.3) is 0 Å². The molecular weight excluding hydrogens is 258 g/mol. The van der Waals surface area contributed by atoms with Crippen LogP contribution >= 0.6 is 0 Å². The van der Waals surface area contributed by atoms with Gasteiger partial charge in [-0.25, -0.2) is 13.1 Å². The van der Waals surface area contributed by atoms with Crippen molar-refractivity contribution < 1.29 is 8.42 Å². The summed E-state index contributed by atoms with van der Waals surface area (Å²) in [4.78, 5) is 0. The maximum Gasteiger partial charge on any atom is 0.212 e. The third kappa shape index (κ3) is 4.45. The summed E-state index contributed by atoms with van der Waals surface area (Å²) in [5, 5.41) is 0. The van der Waals surface area contributed by atoms with E-state index >= 15 is 0 Å². The first kappa shape index (κ1) is 15.3. The molecule has 0 saturated heterocycles. The predicted octanol–water partition coefficient (Wildman–Crippen LogP) is 3.31. The molecule has 0 spiro atoms. The monoisotopic (exact) mass is 287 g/mol. The first-order chi connectivity index (χ1) is 8.98. The fourth-order valence-corrected chi connectivity index (χ4v) is 5.54. The van der Waals surface area contributed by atoms with Crippen LogP contribution in [0.25, 0.3) is 0 Å². The molecule has 2 rings (SSSR count). The molecule has 2 aliphatic rings. The van der Waals surface area contributed by atoms with Crippen molar-refractivity contribution in [2.75, 3.05) is 5.75 Å². The Morgan fingerprint density at radius 3 is 2.32 bits per heavy atom. The topological polar surface area (TPSA) is 46.2 Å². The zero-order valence-corrected chi connectivity index (χ0v) is 13.2. The highest BCUT2D eigenvalue weighted by Crippen LogP contribution is 2.30.